The second kappa shape index (κ2) is 10.1. The second-order valence-electron chi connectivity index (χ2n) is 7.27. The number of H-pyrrole nitrogens is 1. The molecule has 0 bridgehead atoms. The zero-order valence-corrected chi connectivity index (χ0v) is 20.3. The lowest BCUT2D eigenvalue weighted by Crippen LogP contribution is -2.39. The maximum Gasteiger partial charge on any atom is 0.490 e. The number of aromatic nitrogens is 4. The maximum atomic E-state index is 12.3. The molecule has 0 radical (unpaired) electrons. The molecule has 3 rings (SSSR count). The summed E-state index contributed by atoms with van der Waals surface area (Å²) >= 11 is 0. The van der Waals surface area contributed by atoms with Crippen molar-refractivity contribution in [2.24, 2.45) is 0 Å². The van der Waals surface area contributed by atoms with Gasteiger partial charge in [-0.25, -0.2) is 18.7 Å². The minimum absolute atomic E-state index is 0.108. The molecule has 1 aliphatic rings. The standard InChI is InChI=1S/C13H22N5O14P3/c1-2-3-5(30-34(25,26)32-35(27,28)31-33(22,23)24)9-7(19)8(20)12(29-9)18-4-15-6-10(18)16-13(14)17-11(6)21/h4-5,7-9,12,19-20H,2-3H2,1H3,(H,25,26)(H,27,28)(H2,22,23,24)(H3,14,16,17,21)/t5?,7-,8+,9+,12+/m0/s1. The molecule has 2 aromatic rings. The van der Waals surface area contributed by atoms with Crippen molar-refractivity contribution in [2.75, 3.05) is 5.73 Å². The number of hydrogen-bond acceptors (Lipinski definition) is 13. The van der Waals surface area contributed by atoms with Gasteiger partial charge in [-0.05, 0) is 6.42 Å². The Kier molecular flexibility index (Phi) is 8.06. The third kappa shape index (κ3) is 6.61. The topological polar surface area (TPSA) is 299 Å². The quantitative estimate of drug-likeness (QED) is 0.157. The Morgan fingerprint density at radius 3 is 2.43 bits per heavy atom. The number of nitrogens with one attached hydrogen (secondary N) is 1. The van der Waals surface area contributed by atoms with E-state index in [9.17, 15) is 38.5 Å². The van der Waals surface area contributed by atoms with Gasteiger partial charge >= 0.3 is 23.5 Å². The van der Waals surface area contributed by atoms with Crippen molar-refractivity contribution in [3.8, 4) is 0 Å². The largest absolute Gasteiger partial charge is 0.490 e. The predicted octanol–water partition coefficient (Wildman–Crippen LogP) is -1.17. The molecule has 2 aromatic heterocycles. The van der Waals surface area contributed by atoms with E-state index in [-0.39, 0.29) is 30.0 Å². The lowest BCUT2D eigenvalue weighted by Gasteiger charge is -2.27. The average molecular weight is 565 g/mol. The molecule has 9 N–H and O–H groups in total. The number of phosphoric acid groups is 3. The number of imidazole rings is 1. The van der Waals surface area contributed by atoms with Crippen LogP contribution in [0.25, 0.3) is 11.2 Å². The fourth-order valence-corrected chi connectivity index (χ4v) is 6.61. The number of ether oxygens (including phenoxy) is 1. The molecular weight excluding hydrogens is 543 g/mol. The lowest BCUT2D eigenvalue weighted by molar-refractivity contribution is -0.0828. The van der Waals surface area contributed by atoms with Crippen LogP contribution in [-0.2, 0) is 31.6 Å². The van der Waals surface area contributed by atoms with Crippen LogP contribution in [0.3, 0.4) is 0 Å². The van der Waals surface area contributed by atoms with E-state index in [1.165, 1.54) is 0 Å². The van der Waals surface area contributed by atoms with Gasteiger partial charge in [-0.2, -0.15) is 13.6 Å². The summed E-state index contributed by atoms with van der Waals surface area (Å²) in [5.41, 5.74) is 4.57. The van der Waals surface area contributed by atoms with Crippen molar-refractivity contribution < 1.29 is 61.4 Å². The molecular formula is C13H22N5O14P3. The molecule has 3 unspecified atom stereocenters. The number of hydrogen-bond donors (Lipinski definition) is 8. The van der Waals surface area contributed by atoms with Gasteiger partial charge in [0.15, 0.2) is 17.4 Å². The van der Waals surface area contributed by atoms with Gasteiger partial charge in [-0.1, -0.05) is 13.3 Å². The monoisotopic (exact) mass is 565 g/mol. The molecule has 35 heavy (non-hydrogen) atoms. The summed E-state index contributed by atoms with van der Waals surface area (Å²) < 4.78 is 53.6. The van der Waals surface area contributed by atoms with Gasteiger partial charge in [0, 0.05) is 0 Å². The van der Waals surface area contributed by atoms with E-state index in [1.54, 1.807) is 6.92 Å². The number of fused-ring (bicyclic) bond motifs is 1. The van der Waals surface area contributed by atoms with Crippen molar-refractivity contribution in [3.05, 3.63) is 16.7 Å². The molecule has 1 saturated heterocycles. The van der Waals surface area contributed by atoms with Crippen LogP contribution in [0.15, 0.2) is 11.1 Å². The highest BCUT2D eigenvalue weighted by Crippen LogP contribution is 2.66. The van der Waals surface area contributed by atoms with Crippen LogP contribution in [-0.4, -0.2) is 73.7 Å². The highest BCUT2D eigenvalue weighted by atomic mass is 31.3. The molecule has 1 fully saturated rings. The van der Waals surface area contributed by atoms with Gasteiger partial charge in [0.2, 0.25) is 5.95 Å². The molecule has 0 aromatic carbocycles. The Balaban J connectivity index is 1.85. The van der Waals surface area contributed by atoms with Crippen LogP contribution >= 0.6 is 23.5 Å². The molecule has 0 amide bonds. The van der Waals surface area contributed by atoms with Crippen molar-refractivity contribution >= 4 is 40.6 Å². The molecule has 19 nitrogen and oxygen atoms in total. The van der Waals surface area contributed by atoms with E-state index >= 15 is 0 Å². The Labute approximate surface area is 194 Å². The van der Waals surface area contributed by atoms with Gasteiger partial charge in [0.1, 0.15) is 18.3 Å². The van der Waals surface area contributed by atoms with Crippen molar-refractivity contribution in [3.63, 3.8) is 0 Å². The van der Waals surface area contributed by atoms with Crippen LogP contribution in [0.4, 0.5) is 5.95 Å². The Bertz CT molecular complexity index is 1280. The maximum absolute atomic E-state index is 12.3. The summed E-state index contributed by atoms with van der Waals surface area (Å²) in [5.74, 6) is -0.273. The smallest absolute Gasteiger partial charge is 0.387 e. The number of aliphatic hydroxyl groups is 2. The molecule has 22 heteroatoms. The summed E-state index contributed by atoms with van der Waals surface area (Å²) in [4.78, 5) is 58.4. The van der Waals surface area contributed by atoms with E-state index in [0.29, 0.717) is 0 Å². The minimum Gasteiger partial charge on any atom is -0.387 e. The Hall–Kier alpha value is -1.56. The molecule has 0 spiro atoms. The van der Waals surface area contributed by atoms with Crippen LogP contribution in [0.2, 0.25) is 0 Å². The van der Waals surface area contributed by atoms with Gasteiger partial charge in [0.05, 0.1) is 12.4 Å². The summed E-state index contributed by atoms with van der Waals surface area (Å²) in [7, 11) is -16.9. The average Bonchev–Trinajstić information content (AvgIpc) is 3.20. The Morgan fingerprint density at radius 1 is 1.17 bits per heavy atom. The first-order valence-corrected chi connectivity index (χ1v) is 14.1. The fourth-order valence-electron chi connectivity index (χ4n) is 3.38. The van der Waals surface area contributed by atoms with E-state index in [1.807, 2.05) is 0 Å². The number of nitrogens with two attached hydrogens (primary N) is 1. The van der Waals surface area contributed by atoms with Gasteiger partial charge in [-0.3, -0.25) is 18.9 Å². The minimum atomic E-state index is -5.78. The van der Waals surface area contributed by atoms with Crippen LogP contribution < -0.4 is 11.3 Å². The highest BCUT2D eigenvalue weighted by Gasteiger charge is 2.50. The molecule has 0 aliphatic carbocycles. The zero-order chi connectivity index (χ0) is 26.3. The lowest BCUT2D eigenvalue weighted by atomic mass is 10.0. The third-order valence-electron chi connectivity index (χ3n) is 4.62. The molecule has 7 atom stereocenters. The van der Waals surface area contributed by atoms with Gasteiger partial charge in [-0.15, -0.1) is 0 Å². The number of phosphoric ester groups is 1. The first-order chi connectivity index (χ1) is 16.0. The van der Waals surface area contributed by atoms with Crippen LogP contribution in [0.1, 0.15) is 26.0 Å². The summed E-state index contributed by atoms with van der Waals surface area (Å²) in [6, 6.07) is 0. The SMILES string of the molecule is CCCC(OP(=O)(O)OP(=O)(O)OP(=O)(O)O)[C@H]1O[C@@H](n2cnc3c(=O)[nH]c(N)nc32)[C@H](O)[C@@H]1O. The van der Waals surface area contributed by atoms with E-state index in [4.69, 9.17) is 24.8 Å². The van der Waals surface area contributed by atoms with E-state index < -0.39 is 59.7 Å². The first kappa shape index (κ1) is 28.0. The molecule has 3 heterocycles. The fraction of sp³-hybridized carbons (Fsp3) is 0.615. The number of anilines is 1. The number of aliphatic hydroxyl groups excluding tert-OH is 2. The van der Waals surface area contributed by atoms with Crippen molar-refractivity contribution in [2.45, 2.75) is 50.4 Å². The van der Waals surface area contributed by atoms with Crippen LogP contribution in [0.5, 0.6) is 0 Å². The zero-order valence-electron chi connectivity index (χ0n) is 17.6. The molecule has 1 aliphatic heterocycles. The summed E-state index contributed by atoms with van der Waals surface area (Å²) in [6.07, 6.45) is -6.81. The molecule has 0 saturated carbocycles. The van der Waals surface area contributed by atoms with E-state index in [2.05, 4.69) is 23.6 Å². The number of rotatable bonds is 10. The highest BCUT2D eigenvalue weighted by molar-refractivity contribution is 7.66. The summed E-state index contributed by atoms with van der Waals surface area (Å²) in [5, 5.41) is 21.1. The number of nitrogens with zero attached hydrogens (tertiary/aromatic N) is 3. The molecule has 198 valence electrons. The number of nitrogen functional groups attached to an aromatic ring is 1. The van der Waals surface area contributed by atoms with Gasteiger partial charge in [0.25, 0.3) is 5.56 Å². The van der Waals surface area contributed by atoms with E-state index in [0.717, 1.165) is 10.9 Å². The Morgan fingerprint density at radius 2 is 1.83 bits per heavy atom. The van der Waals surface area contributed by atoms with Crippen molar-refractivity contribution in [1.82, 2.24) is 19.5 Å². The normalized spacial score (nSPS) is 27.5. The summed E-state index contributed by atoms with van der Waals surface area (Å²) in [6.45, 7) is 1.60. The van der Waals surface area contributed by atoms with Crippen LogP contribution in [0, 0.1) is 0 Å². The predicted molar refractivity (Wildman–Crippen MR) is 112 cm³/mol. The first-order valence-electron chi connectivity index (χ1n) is 9.59. The van der Waals surface area contributed by atoms with Gasteiger partial charge < -0.3 is 40.3 Å². The van der Waals surface area contributed by atoms with Crippen molar-refractivity contribution in [1.29, 1.82) is 0 Å². The third-order valence-corrected chi connectivity index (χ3v) is 8.49. The second-order valence-corrected chi connectivity index (χ2v) is 11.6. The number of aromatic amines is 1.